The fourth-order valence-corrected chi connectivity index (χ4v) is 3.10. The van der Waals surface area contributed by atoms with E-state index in [-0.39, 0.29) is 0 Å². The average molecular weight is 252 g/mol. The van der Waals surface area contributed by atoms with Crippen molar-refractivity contribution in [3.05, 3.63) is 12.4 Å². The molecule has 1 fully saturated rings. The Morgan fingerprint density at radius 1 is 1.29 bits per heavy atom. The van der Waals surface area contributed by atoms with Crippen LogP contribution in [0.4, 0.5) is 11.6 Å². The highest BCUT2D eigenvalue weighted by atomic mass is 32.2. The van der Waals surface area contributed by atoms with Crippen molar-refractivity contribution in [3.63, 3.8) is 0 Å². The lowest BCUT2D eigenvalue weighted by molar-refractivity contribution is 0.472. The van der Waals surface area contributed by atoms with Gasteiger partial charge in [-0.25, -0.2) is 9.97 Å². The largest absolute Gasteiger partial charge is 0.373 e. The molecule has 0 bridgehead atoms. The van der Waals surface area contributed by atoms with E-state index in [0.717, 1.165) is 16.9 Å². The average Bonchev–Trinajstić information content (AvgIpc) is 2.39. The summed E-state index contributed by atoms with van der Waals surface area (Å²) in [6, 6.07) is 2.52. The molecule has 17 heavy (non-hydrogen) atoms. The lowest BCUT2D eigenvalue weighted by atomic mass is 9.95. The Morgan fingerprint density at radius 2 is 2.12 bits per heavy atom. The van der Waals surface area contributed by atoms with Gasteiger partial charge in [0.25, 0.3) is 0 Å². The van der Waals surface area contributed by atoms with Crippen molar-refractivity contribution in [1.82, 2.24) is 9.97 Å². The van der Waals surface area contributed by atoms with Gasteiger partial charge in [0.15, 0.2) is 0 Å². The van der Waals surface area contributed by atoms with Gasteiger partial charge in [-0.15, -0.1) is 0 Å². The van der Waals surface area contributed by atoms with Crippen LogP contribution in [0.3, 0.4) is 0 Å². The SMILES string of the molecule is CNc1cc(NC2CCCC(SC)C2)ncn1. The third-order valence-corrected chi connectivity index (χ3v) is 4.33. The van der Waals surface area contributed by atoms with Crippen LogP contribution in [0.1, 0.15) is 25.7 Å². The molecule has 2 unspecified atom stereocenters. The summed E-state index contributed by atoms with van der Waals surface area (Å²) in [4.78, 5) is 8.38. The first kappa shape index (κ1) is 12.5. The summed E-state index contributed by atoms with van der Waals surface area (Å²) in [5.41, 5.74) is 0. The van der Waals surface area contributed by atoms with E-state index in [1.807, 2.05) is 24.9 Å². The smallest absolute Gasteiger partial charge is 0.131 e. The van der Waals surface area contributed by atoms with Crippen LogP contribution in [0.5, 0.6) is 0 Å². The second kappa shape index (κ2) is 6.10. The van der Waals surface area contributed by atoms with E-state index in [0.29, 0.717) is 6.04 Å². The Labute approximate surface area is 107 Å². The summed E-state index contributed by atoms with van der Waals surface area (Å²) >= 11 is 1.98. The number of hydrogen-bond donors (Lipinski definition) is 2. The van der Waals surface area contributed by atoms with Crippen molar-refractivity contribution in [2.45, 2.75) is 37.0 Å². The fraction of sp³-hybridized carbons (Fsp3) is 0.667. The molecular formula is C12H20N4S. The Kier molecular flexibility index (Phi) is 4.48. The van der Waals surface area contributed by atoms with Crippen LogP contribution in [0.2, 0.25) is 0 Å². The van der Waals surface area contributed by atoms with Gasteiger partial charge in [-0.3, -0.25) is 0 Å². The maximum absolute atomic E-state index is 4.26. The van der Waals surface area contributed by atoms with Crippen LogP contribution in [0.15, 0.2) is 12.4 Å². The van der Waals surface area contributed by atoms with Crippen LogP contribution in [-0.4, -0.2) is 34.6 Å². The van der Waals surface area contributed by atoms with Crippen molar-refractivity contribution in [2.24, 2.45) is 0 Å². The molecule has 4 nitrogen and oxygen atoms in total. The molecule has 5 heteroatoms. The van der Waals surface area contributed by atoms with Crippen LogP contribution < -0.4 is 10.6 Å². The molecule has 1 aliphatic carbocycles. The summed E-state index contributed by atoms with van der Waals surface area (Å²) in [5.74, 6) is 1.79. The van der Waals surface area contributed by atoms with E-state index in [1.54, 1.807) is 6.33 Å². The number of nitrogens with one attached hydrogen (secondary N) is 2. The van der Waals surface area contributed by atoms with Gasteiger partial charge < -0.3 is 10.6 Å². The van der Waals surface area contributed by atoms with E-state index < -0.39 is 0 Å². The molecule has 1 aromatic rings. The van der Waals surface area contributed by atoms with Gasteiger partial charge in [-0.2, -0.15) is 11.8 Å². The van der Waals surface area contributed by atoms with Gasteiger partial charge in [0.1, 0.15) is 18.0 Å². The van der Waals surface area contributed by atoms with E-state index in [9.17, 15) is 0 Å². The molecule has 0 aliphatic heterocycles. The van der Waals surface area contributed by atoms with Gasteiger partial charge >= 0.3 is 0 Å². The molecule has 1 heterocycles. The molecule has 0 saturated heterocycles. The molecule has 2 N–H and O–H groups in total. The molecule has 1 aliphatic rings. The number of hydrogen-bond acceptors (Lipinski definition) is 5. The highest BCUT2D eigenvalue weighted by Gasteiger charge is 2.21. The minimum atomic E-state index is 0.556. The monoisotopic (exact) mass is 252 g/mol. The molecule has 0 amide bonds. The lowest BCUT2D eigenvalue weighted by Gasteiger charge is -2.29. The van der Waals surface area contributed by atoms with E-state index >= 15 is 0 Å². The molecule has 2 rings (SSSR count). The molecule has 0 radical (unpaired) electrons. The predicted molar refractivity (Wildman–Crippen MR) is 74.8 cm³/mol. The van der Waals surface area contributed by atoms with Gasteiger partial charge in [-0.05, 0) is 25.5 Å². The first-order chi connectivity index (χ1) is 8.31. The van der Waals surface area contributed by atoms with Crippen LogP contribution in [0, 0.1) is 0 Å². The number of nitrogens with zero attached hydrogens (tertiary/aromatic N) is 2. The highest BCUT2D eigenvalue weighted by Crippen LogP contribution is 2.28. The summed E-state index contributed by atoms with van der Waals surface area (Å²) in [7, 11) is 1.87. The molecule has 2 atom stereocenters. The third kappa shape index (κ3) is 3.49. The Balaban J connectivity index is 1.95. The topological polar surface area (TPSA) is 49.8 Å². The minimum absolute atomic E-state index is 0.556. The van der Waals surface area contributed by atoms with Crippen molar-refractivity contribution in [1.29, 1.82) is 0 Å². The van der Waals surface area contributed by atoms with E-state index in [4.69, 9.17) is 0 Å². The van der Waals surface area contributed by atoms with Crippen molar-refractivity contribution < 1.29 is 0 Å². The zero-order chi connectivity index (χ0) is 12.1. The van der Waals surface area contributed by atoms with E-state index in [1.165, 1.54) is 25.7 Å². The quantitative estimate of drug-likeness (QED) is 0.862. The van der Waals surface area contributed by atoms with Gasteiger partial charge in [-0.1, -0.05) is 6.42 Å². The summed E-state index contributed by atoms with van der Waals surface area (Å²) in [6.45, 7) is 0. The van der Waals surface area contributed by atoms with Crippen LogP contribution >= 0.6 is 11.8 Å². The Hall–Kier alpha value is -0.970. The third-order valence-electron chi connectivity index (χ3n) is 3.23. The van der Waals surface area contributed by atoms with Gasteiger partial charge in [0.2, 0.25) is 0 Å². The fourth-order valence-electron chi connectivity index (χ4n) is 2.27. The van der Waals surface area contributed by atoms with Gasteiger partial charge in [0.05, 0.1) is 0 Å². The van der Waals surface area contributed by atoms with Crippen LogP contribution in [-0.2, 0) is 0 Å². The first-order valence-corrected chi connectivity index (χ1v) is 7.39. The van der Waals surface area contributed by atoms with E-state index in [2.05, 4.69) is 26.9 Å². The van der Waals surface area contributed by atoms with Crippen LogP contribution in [0.25, 0.3) is 0 Å². The second-order valence-electron chi connectivity index (χ2n) is 4.40. The number of aromatic nitrogens is 2. The van der Waals surface area contributed by atoms with Crippen molar-refractivity contribution in [2.75, 3.05) is 23.9 Å². The summed E-state index contributed by atoms with van der Waals surface area (Å²) < 4.78 is 0. The standard InChI is InChI=1S/C12H20N4S/c1-13-11-7-12(15-8-14-11)16-9-4-3-5-10(6-9)17-2/h7-10H,3-6H2,1-2H3,(H2,13,14,15,16). The molecule has 1 aromatic heterocycles. The Bertz CT molecular complexity index is 358. The minimum Gasteiger partial charge on any atom is -0.373 e. The normalized spacial score (nSPS) is 24.4. The number of thioether (sulfide) groups is 1. The van der Waals surface area contributed by atoms with Gasteiger partial charge in [0, 0.05) is 24.4 Å². The zero-order valence-electron chi connectivity index (χ0n) is 10.4. The number of rotatable bonds is 4. The number of anilines is 2. The molecule has 1 saturated carbocycles. The maximum atomic E-state index is 4.26. The Morgan fingerprint density at radius 3 is 2.88 bits per heavy atom. The highest BCUT2D eigenvalue weighted by molar-refractivity contribution is 7.99. The molecular weight excluding hydrogens is 232 g/mol. The molecule has 0 spiro atoms. The zero-order valence-corrected chi connectivity index (χ0v) is 11.3. The molecule has 0 aromatic carbocycles. The second-order valence-corrected chi connectivity index (χ2v) is 5.54. The molecule has 94 valence electrons. The maximum Gasteiger partial charge on any atom is 0.131 e. The predicted octanol–water partition coefficient (Wildman–Crippen LogP) is 2.60. The lowest BCUT2D eigenvalue weighted by Crippen LogP contribution is -2.28. The van der Waals surface area contributed by atoms with Crippen molar-refractivity contribution in [3.8, 4) is 0 Å². The summed E-state index contributed by atoms with van der Waals surface area (Å²) in [6.07, 6.45) is 8.95. The first-order valence-electron chi connectivity index (χ1n) is 6.11. The van der Waals surface area contributed by atoms with Crippen molar-refractivity contribution >= 4 is 23.4 Å². The summed E-state index contributed by atoms with van der Waals surface area (Å²) in [5, 5.41) is 7.34.